The monoisotopic (exact) mass is 292 g/mol. The second-order valence-corrected chi connectivity index (χ2v) is 4.67. The summed E-state index contributed by atoms with van der Waals surface area (Å²) in [5, 5.41) is 11.2. The molecule has 0 spiro atoms. The molecule has 0 saturated carbocycles. The maximum absolute atomic E-state index is 11.9. The Bertz CT molecular complexity index is 511. The predicted octanol–water partition coefficient (Wildman–Crippen LogP) is 1.05. The number of carbonyl (C=O) groups is 3. The minimum Gasteiger partial charge on any atom is -0.481 e. The molecule has 0 radical (unpaired) electrons. The van der Waals surface area contributed by atoms with Crippen molar-refractivity contribution < 1.29 is 19.5 Å². The zero-order chi connectivity index (χ0) is 15.8. The number of aryl methyl sites for hydroxylation is 1. The van der Waals surface area contributed by atoms with Crippen molar-refractivity contribution in [3.8, 4) is 0 Å². The number of carbonyl (C=O) groups excluding carboxylic acids is 2. The van der Waals surface area contributed by atoms with Gasteiger partial charge in [-0.3, -0.25) is 14.4 Å². The molecule has 1 aromatic rings. The summed E-state index contributed by atoms with van der Waals surface area (Å²) in [5.74, 6) is -1.57. The molecule has 0 fully saturated rings. The van der Waals surface area contributed by atoms with Crippen LogP contribution in [0.2, 0.25) is 0 Å². The van der Waals surface area contributed by atoms with Gasteiger partial charge in [0.05, 0.1) is 13.0 Å². The van der Waals surface area contributed by atoms with Crippen LogP contribution in [0.5, 0.6) is 0 Å². The summed E-state index contributed by atoms with van der Waals surface area (Å²) in [4.78, 5) is 35.7. The van der Waals surface area contributed by atoms with Crippen molar-refractivity contribution in [1.82, 2.24) is 10.2 Å². The molecule has 6 heteroatoms. The van der Waals surface area contributed by atoms with Gasteiger partial charge in [0, 0.05) is 18.7 Å². The van der Waals surface area contributed by atoms with Gasteiger partial charge in [-0.1, -0.05) is 17.7 Å². The van der Waals surface area contributed by atoms with E-state index in [1.165, 1.54) is 4.90 Å². The SMILES string of the molecule is CCN(CCC(=O)O)C(=O)CNC(=O)c1ccc(C)cc1. The molecule has 114 valence electrons. The van der Waals surface area contributed by atoms with E-state index >= 15 is 0 Å². The van der Waals surface area contributed by atoms with Crippen molar-refractivity contribution in [2.24, 2.45) is 0 Å². The Balaban J connectivity index is 2.48. The van der Waals surface area contributed by atoms with Crippen LogP contribution >= 0.6 is 0 Å². The molecule has 0 heterocycles. The molecule has 2 N–H and O–H groups in total. The molecule has 0 aliphatic carbocycles. The van der Waals surface area contributed by atoms with Crippen molar-refractivity contribution >= 4 is 17.8 Å². The number of nitrogens with one attached hydrogen (secondary N) is 1. The summed E-state index contributed by atoms with van der Waals surface area (Å²) in [6.07, 6.45) is -0.106. The minimum atomic E-state index is -0.954. The fourth-order valence-corrected chi connectivity index (χ4v) is 1.76. The van der Waals surface area contributed by atoms with Crippen LogP contribution in [-0.2, 0) is 9.59 Å². The van der Waals surface area contributed by atoms with Crippen LogP contribution in [0, 0.1) is 6.92 Å². The first-order chi connectivity index (χ1) is 9.93. The fraction of sp³-hybridized carbons (Fsp3) is 0.400. The third-order valence-corrected chi connectivity index (χ3v) is 3.04. The average Bonchev–Trinajstić information content (AvgIpc) is 2.45. The number of benzene rings is 1. The van der Waals surface area contributed by atoms with E-state index in [-0.39, 0.29) is 31.3 Å². The summed E-state index contributed by atoms with van der Waals surface area (Å²) in [5.41, 5.74) is 1.54. The number of hydrogen-bond donors (Lipinski definition) is 2. The lowest BCUT2D eigenvalue weighted by molar-refractivity contribution is -0.138. The van der Waals surface area contributed by atoms with E-state index in [0.29, 0.717) is 12.1 Å². The number of carboxylic acid groups (broad SMARTS) is 1. The Labute approximate surface area is 123 Å². The van der Waals surface area contributed by atoms with Gasteiger partial charge < -0.3 is 15.3 Å². The molecular weight excluding hydrogens is 272 g/mol. The van der Waals surface area contributed by atoms with E-state index in [0.717, 1.165) is 5.56 Å². The molecule has 0 bridgehead atoms. The zero-order valence-corrected chi connectivity index (χ0v) is 12.3. The minimum absolute atomic E-state index is 0.106. The van der Waals surface area contributed by atoms with Crippen LogP contribution in [0.3, 0.4) is 0 Å². The smallest absolute Gasteiger partial charge is 0.305 e. The Kier molecular flexibility index (Phi) is 6.39. The highest BCUT2D eigenvalue weighted by Gasteiger charge is 2.14. The van der Waals surface area contributed by atoms with E-state index in [1.807, 2.05) is 19.1 Å². The van der Waals surface area contributed by atoms with Gasteiger partial charge in [0.15, 0.2) is 0 Å². The van der Waals surface area contributed by atoms with Gasteiger partial charge in [0.25, 0.3) is 5.91 Å². The van der Waals surface area contributed by atoms with Gasteiger partial charge in [0.2, 0.25) is 5.91 Å². The Morgan fingerprint density at radius 3 is 2.33 bits per heavy atom. The lowest BCUT2D eigenvalue weighted by Crippen LogP contribution is -2.41. The van der Waals surface area contributed by atoms with Gasteiger partial charge in [-0.15, -0.1) is 0 Å². The lowest BCUT2D eigenvalue weighted by atomic mass is 10.1. The summed E-state index contributed by atoms with van der Waals surface area (Å²) >= 11 is 0. The van der Waals surface area contributed by atoms with Crippen molar-refractivity contribution in [2.45, 2.75) is 20.3 Å². The number of likely N-dealkylation sites (N-methyl/N-ethyl adjacent to an activating group) is 1. The molecular formula is C15H20N2O4. The molecule has 2 amide bonds. The molecule has 6 nitrogen and oxygen atoms in total. The predicted molar refractivity (Wildman–Crippen MR) is 78.0 cm³/mol. The highest BCUT2D eigenvalue weighted by molar-refractivity contribution is 5.96. The highest BCUT2D eigenvalue weighted by atomic mass is 16.4. The number of nitrogens with zero attached hydrogens (tertiary/aromatic N) is 1. The normalized spacial score (nSPS) is 10.0. The number of rotatable bonds is 7. The second-order valence-electron chi connectivity index (χ2n) is 4.67. The number of carboxylic acids is 1. The lowest BCUT2D eigenvalue weighted by Gasteiger charge is -2.20. The Hall–Kier alpha value is -2.37. The molecule has 1 rings (SSSR count). The van der Waals surface area contributed by atoms with E-state index in [2.05, 4.69) is 5.32 Å². The first-order valence-corrected chi connectivity index (χ1v) is 6.78. The van der Waals surface area contributed by atoms with Gasteiger partial charge in [0.1, 0.15) is 0 Å². The van der Waals surface area contributed by atoms with Gasteiger partial charge in [-0.2, -0.15) is 0 Å². The Morgan fingerprint density at radius 2 is 1.81 bits per heavy atom. The van der Waals surface area contributed by atoms with Crippen LogP contribution in [0.15, 0.2) is 24.3 Å². The quantitative estimate of drug-likeness (QED) is 0.786. The summed E-state index contributed by atoms with van der Waals surface area (Å²) in [6.45, 7) is 4.10. The maximum atomic E-state index is 11.9. The fourth-order valence-electron chi connectivity index (χ4n) is 1.76. The van der Waals surface area contributed by atoms with E-state index in [9.17, 15) is 14.4 Å². The largest absolute Gasteiger partial charge is 0.481 e. The van der Waals surface area contributed by atoms with Crippen molar-refractivity contribution in [2.75, 3.05) is 19.6 Å². The van der Waals surface area contributed by atoms with Crippen LogP contribution in [0.1, 0.15) is 29.3 Å². The standard InChI is InChI=1S/C15H20N2O4/c1-3-17(9-8-14(19)20)13(18)10-16-15(21)12-6-4-11(2)5-7-12/h4-7H,3,8-10H2,1-2H3,(H,16,21)(H,19,20). The molecule has 0 unspecified atom stereocenters. The summed E-state index contributed by atoms with van der Waals surface area (Å²) < 4.78 is 0. The maximum Gasteiger partial charge on any atom is 0.305 e. The summed E-state index contributed by atoms with van der Waals surface area (Å²) in [6, 6.07) is 7.03. The molecule has 0 aliphatic heterocycles. The molecule has 1 aromatic carbocycles. The molecule has 21 heavy (non-hydrogen) atoms. The third-order valence-electron chi connectivity index (χ3n) is 3.04. The number of hydrogen-bond acceptors (Lipinski definition) is 3. The third kappa shape index (κ3) is 5.64. The molecule has 0 aliphatic rings. The van der Waals surface area contributed by atoms with Crippen LogP contribution in [-0.4, -0.2) is 47.4 Å². The van der Waals surface area contributed by atoms with Crippen molar-refractivity contribution in [1.29, 1.82) is 0 Å². The van der Waals surface area contributed by atoms with E-state index < -0.39 is 5.97 Å². The number of aliphatic carboxylic acids is 1. The second kappa shape index (κ2) is 8.04. The number of amides is 2. The van der Waals surface area contributed by atoms with Gasteiger partial charge in [-0.25, -0.2) is 0 Å². The average molecular weight is 292 g/mol. The van der Waals surface area contributed by atoms with E-state index in [4.69, 9.17) is 5.11 Å². The molecule has 0 atom stereocenters. The highest BCUT2D eigenvalue weighted by Crippen LogP contribution is 2.02. The topological polar surface area (TPSA) is 86.7 Å². The Morgan fingerprint density at radius 1 is 1.19 bits per heavy atom. The van der Waals surface area contributed by atoms with Crippen LogP contribution in [0.25, 0.3) is 0 Å². The van der Waals surface area contributed by atoms with Gasteiger partial charge >= 0.3 is 5.97 Å². The zero-order valence-electron chi connectivity index (χ0n) is 12.3. The van der Waals surface area contributed by atoms with Crippen molar-refractivity contribution in [3.05, 3.63) is 35.4 Å². The molecule has 0 aromatic heterocycles. The first-order valence-electron chi connectivity index (χ1n) is 6.78. The van der Waals surface area contributed by atoms with Crippen LogP contribution in [0.4, 0.5) is 0 Å². The van der Waals surface area contributed by atoms with Crippen molar-refractivity contribution in [3.63, 3.8) is 0 Å². The van der Waals surface area contributed by atoms with E-state index in [1.54, 1.807) is 19.1 Å². The van der Waals surface area contributed by atoms with Crippen LogP contribution < -0.4 is 5.32 Å². The first kappa shape index (κ1) is 16.7. The molecule has 0 saturated heterocycles. The summed E-state index contributed by atoms with van der Waals surface area (Å²) in [7, 11) is 0. The van der Waals surface area contributed by atoms with Gasteiger partial charge in [-0.05, 0) is 26.0 Å².